The zero-order chi connectivity index (χ0) is 10.3. The number of hydrogen-bond donors (Lipinski definition) is 2. The van der Waals surface area contributed by atoms with Crippen molar-refractivity contribution in [2.24, 2.45) is 12.8 Å². The van der Waals surface area contributed by atoms with Crippen LogP contribution < -0.4 is 5.73 Å². The van der Waals surface area contributed by atoms with Gasteiger partial charge in [-0.15, -0.1) is 0 Å². The molecule has 1 aromatic rings. The molecule has 1 heterocycles. The first-order valence-corrected chi connectivity index (χ1v) is 5.20. The Labute approximate surface area is 88.5 Å². The van der Waals surface area contributed by atoms with Crippen molar-refractivity contribution in [2.45, 2.75) is 24.8 Å². The van der Waals surface area contributed by atoms with E-state index < -0.39 is 5.54 Å². The standard InChI is InChI=1S/C10H15ClN2O/c1-13-5-8-7(9(13)11)3-2-4-10(8,12)6-14/h5,14H,2-4,6,12H2,1H3. The molecule has 14 heavy (non-hydrogen) atoms. The summed E-state index contributed by atoms with van der Waals surface area (Å²) in [7, 11) is 1.90. The molecule has 1 aliphatic rings. The number of aliphatic hydroxyl groups is 1. The molecule has 0 aromatic carbocycles. The van der Waals surface area contributed by atoms with E-state index in [1.54, 1.807) is 0 Å². The summed E-state index contributed by atoms with van der Waals surface area (Å²) < 4.78 is 1.87. The van der Waals surface area contributed by atoms with Gasteiger partial charge >= 0.3 is 0 Å². The minimum atomic E-state index is -0.585. The van der Waals surface area contributed by atoms with E-state index in [0.29, 0.717) is 0 Å². The van der Waals surface area contributed by atoms with Crippen LogP contribution in [0.15, 0.2) is 6.20 Å². The molecule has 78 valence electrons. The predicted molar refractivity (Wildman–Crippen MR) is 56.3 cm³/mol. The number of fused-ring (bicyclic) bond motifs is 1. The van der Waals surface area contributed by atoms with E-state index in [1.807, 2.05) is 17.8 Å². The van der Waals surface area contributed by atoms with Crippen LogP contribution >= 0.6 is 11.6 Å². The van der Waals surface area contributed by atoms with Gasteiger partial charge in [0.1, 0.15) is 5.15 Å². The summed E-state index contributed by atoms with van der Waals surface area (Å²) in [5.41, 5.74) is 7.67. The molecule has 0 saturated carbocycles. The summed E-state index contributed by atoms with van der Waals surface area (Å²) in [6.07, 6.45) is 4.73. The van der Waals surface area contributed by atoms with Gasteiger partial charge in [-0.2, -0.15) is 0 Å². The van der Waals surface area contributed by atoms with Crippen LogP contribution in [0.5, 0.6) is 0 Å². The van der Waals surface area contributed by atoms with Crippen molar-refractivity contribution in [3.8, 4) is 0 Å². The third-order valence-electron chi connectivity index (χ3n) is 3.07. The summed E-state index contributed by atoms with van der Waals surface area (Å²) in [5, 5.41) is 10.1. The fraction of sp³-hybridized carbons (Fsp3) is 0.600. The Balaban J connectivity index is 2.55. The van der Waals surface area contributed by atoms with Crippen LogP contribution in [0.2, 0.25) is 5.15 Å². The molecular formula is C10H15ClN2O. The zero-order valence-electron chi connectivity index (χ0n) is 8.26. The number of nitrogens with two attached hydrogens (primary N) is 1. The van der Waals surface area contributed by atoms with E-state index in [1.165, 1.54) is 0 Å². The molecule has 0 spiro atoms. The van der Waals surface area contributed by atoms with Crippen molar-refractivity contribution in [3.05, 3.63) is 22.5 Å². The molecule has 4 heteroatoms. The maximum atomic E-state index is 9.32. The van der Waals surface area contributed by atoms with Gasteiger partial charge in [0.15, 0.2) is 0 Å². The second-order valence-electron chi connectivity index (χ2n) is 4.09. The van der Waals surface area contributed by atoms with Gasteiger partial charge in [-0.25, -0.2) is 0 Å². The molecule has 1 aromatic heterocycles. The molecule has 1 atom stereocenters. The summed E-state index contributed by atoms with van der Waals surface area (Å²) in [4.78, 5) is 0. The van der Waals surface area contributed by atoms with Crippen molar-refractivity contribution >= 4 is 11.6 Å². The van der Waals surface area contributed by atoms with Gasteiger partial charge < -0.3 is 15.4 Å². The Morgan fingerprint density at radius 2 is 2.43 bits per heavy atom. The monoisotopic (exact) mass is 214 g/mol. The number of hydrogen-bond acceptors (Lipinski definition) is 2. The second kappa shape index (κ2) is 3.26. The quantitative estimate of drug-likeness (QED) is 0.737. The lowest BCUT2D eigenvalue weighted by Crippen LogP contribution is -2.42. The average Bonchev–Trinajstić information content (AvgIpc) is 2.47. The topological polar surface area (TPSA) is 51.2 Å². The van der Waals surface area contributed by atoms with Crippen molar-refractivity contribution < 1.29 is 5.11 Å². The van der Waals surface area contributed by atoms with Crippen molar-refractivity contribution in [1.82, 2.24) is 4.57 Å². The van der Waals surface area contributed by atoms with E-state index in [9.17, 15) is 5.11 Å². The van der Waals surface area contributed by atoms with Gasteiger partial charge in [0.2, 0.25) is 0 Å². The lowest BCUT2D eigenvalue weighted by atomic mass is 9.80. The Hall–Kier alpha value is -0.510. The largest absolute Gasteiger partial charge is 0.394 e. The molecule has 0 saturated heterocycles. The van der Waals surface area contributed by atoms with Crippen LogP contribution in [-0.2, 0) is 19.0 Å². The normalized spacial score (nSPS) is 26.3. The van der Waals surface area contributed by atoms with Gasteiger partial charge in [-0.3, -0.25) is 0 Å². The minimum absolute atomic E-state index is 0.0135. The molecular weight excluding hydrogens is 200 g/mol. The number of rotatable bonds is 1. The molecule has 0 radical (unpaired) electrons. The smallest absolute Gasteiger partial charge is 0.112 e. The molecule has 1 aliphatic carbocycles. The van der Waals surface area contributed by atoms with Crippen molar-refractivity contribution in [1.29, 1.82) is 0 Å². The molecule has 0 aliphatic heterocycles. The second-order valence-corrected chi connectivity index (χ2v) is 4.45. The van der Waals surface area contributed by atoms with E-state index in [4.69, 9.17) is 17.3 Å². The van der Waals surface area contributed by atoms with E-state index in [-0.39, 0.29) is 6.61 Å². The average molecular weight is 215 g/mol. The number of halogens is 1. The summed E-state index contributed by atoms with van der Waals surface area (Å²) in [6.45, 7) is -0.0135. The zero-order valence-corrected chi connectivity index (χ0v) is 9.01. The van der Waals surface area contributed by atoms with Crippen molar-refractivity contribution in [2.75, 3.05) is 6.61 Å². The van der Waals surface area contributed by atoms with Crippen LogP contribution in [-0.4, -0.2) is 16.3 Å². The number of aromatic nitrogens is 1. The highest BCUT2D eigenvalue weighted by molar-refractivity contribution is 6.30. The highest BCUT2D eigenvalue weighted by atomic mass is 35.5. The van der Waals surface area contributed by atoms with E-state index in [0.717, 1.165) is 35.5 Å². The third kappa shape index (κ3) is 1.28. The Morgan fingerprint density at radius 3 is 3.07 bits per heavy atom. The Morgan fingerprint density at radius 1 is 1.71 bits per heavy atom. The van der Waals surface area contributed by atoms with Crippen LogP contribution in [0.1, 0.15) is 24.0 Å². The number of aryl methyl sites for hydroxylation is 1. The summed E-state index contributed by atoms with van der Waals surface area (Å²) in [6, 6.07) is 0. The first-order valence-electron chi connectivity index (χ1n) is 4.82. The Kier molecular flexibility index (Phi) is 2.33. The van der Waals surface area contributed by atoms with Crippen LogP contribution in [0.4, 0.5) is 0 Å². The molecule has 0 bridgehead atoms. The fourth-order valence-electron chi connectivity index (χ4n) is 2.20. The lowest BCUT2D eigenvalue weighted by molar-refractivity contribution is 0.179. The minimum Gasteiger partial charge on any atom is -0.394 e. The highest BCUT2D eigenvalue weighted by Crippen LogP contribution is 2.37. The van der Waals surface area contributed by atoms with Crippen molar-refractivity contribution in [3.63, 3.8) is 0 Å². The molecule has 3 nitrogen and oxygen atoms in total. The van der Waals surface area contributed by atoms with Crippen LogP contribution in [0.25, 0.3) is 0 Å². The first kappa shape index (κ1) is 10.0. The molecule has 0 amide bonds. The fourth-order valence-corrected chi connectivity index (χ4v) is 2.44. The maximum absolute atomic E-state index is 9.32. The SMILES string of the molecule is Cn1cc2c(c1Cl)CCCC2(N)CO. The number of nitrogens with zero attached hydrogens (tertiary/aromatic N) is 1. The van der Waals surface area contributed by atoms with Gasteiger partial charge in [-0.05, 0) is 30.4 Å². The van der Waals surface area contributed by atoms with Crippen LogP contribution in [0.3, 0.4) is 0 Å². The number of aliphatic hydroxyl groups excluding tert-OH is 1. The first-order chi connectivity index (χ1) is 6.58. The lowest BCUT2D eigenvalue weighted by Gasteiger charge is -2.31. The Bertz CT molecular complexity index is 361. The van der Waals surface area contributed by atoms with Gasteiger partial charge in [0, 0.05) is 13.2 Å². The summed E-state index contributed by atoms with van der Waals surface area (Å²) >= 11 is 6.14. The van der Waals surface area contributed by atoms with E-state index in [2.05, 4.69) is 0 Å². The predicted octanol–water partition coefficient (Wildman–Crippen LogP) is 1.16. The van der Waals surface area contributed by atoms with Gasteiger partial charge in [0.05, 0.1) is 12.1 Å². The third-order valence-corrected chi connectivity index (χ3v) is 3.57. The maximum Gasteiger partial charge on any atom is 0.112 e. The summed E-state index contributed by atoms with van der Waals surface area (Å²) in [5.74, 6) is 0. The molecule has 2 rings (SSSR count). The van der Waals surface area contributed by atoms with Gasteiger partial charge in [-0.1, -0.05) is 11.6 Å². The van der Waals surface area contributed by atoms with Crippen LogP contribution in [0, 0.1) is 0 Å². The highest BCUT2D eigenvalue weighted by Gasteiger charge is 2.34. The van der Waals surface area contributed by atoms with Gasteiger partial charge in [0.25, 0.3) is 0 Å². The van der Waals surface area contributed by atoms with E-state index >= 15 is 0 Å². The molecule has 3 N–H and O–H groups in total. The molecule has 0 fully saturated rings. The molecule has 1 unspecified atom stereocenters.